The first kappa shape index (κ1) is 24.0. The number of carbonyl (C=O) groups excluding carboxylic acids is 1. The van der Waals surface area contributed by atoms with Crippen molar-refractivity contribution >= 4 is 17.6 Å². The number of nitrogens with zero attached hydrogens (tertiary/aromatic N) is 3. The number of ether oxygens (including phenoxy) is 1. The number of fused-ring (bicyclic) bond motifs is 3. The molecule has 6 nitrogen and oxygen atoms in total. The summed E-state index contributed by atoms with van der Waals surface area (Å²) in [6.07, 6.45) is 5.25. The highest BCUT2D eigenvalue weighted by Gasteiger charge is 2.50. The van der Waals surface area contributed by atoms with Gasteiger partial charge in [-0.1, -0.05) is 55.0 Å². The second kappa shape index (κ2) is 10.1. The molecule has 0 saturated carbocycles. The number of likely N-dealkylation sites (tertiary alicyclic amines) is 1. The monoisotopic (exact) mass is 475 g/mol. The van der Waals surface area contributed by atoms with Crippen molar-refractivity contribution in [1.29, 1.82) is 0 Å². The molecule has 0 unspecified atom stereocenters. The lowest BCUT2D eigenvalue weighted by molar-refractivity contribution is -0.939. The highest BCUT2D eigenvalue weighted by Crippen LogP contribution is 2.38. The molecule has 4 fully saturated rings. The van der Waals surface area contributed by atoms with Crippen molar-refractivity contribution < 1.29 is 19.1 Å². The summed E-state index contributed by atoms with van der Waals surface area (Å²) < 4.78 is 7.06. The van der Waals surface area contributed by atoms with Crippen molar-refractivity contribution in [2.75, 3.05) is 39.3 Å². The lowest BCUT2D eigenvalue weighted by Crippen LogP contribution is -2.67. The van der Waals surface area contributed by atoms with E-state index in [2.05, 4.69) is 9.89 Å². The van der Waals surface area contributed by atoms with Crippen LogP contribution in [-0.2, 0) is 15.1 Å². The van der Waals surface area contributed by atoms with E-state index in [0.29, 0.717) is 29.2 Å². The smallest absolute Gasteiger partial charge is 0.331 e. The Balaban J connectivity index is 1.33. The molecule has 0 amide bonds. The summed E-state index contributed by atoms with van der Waals surface area (Å²) in [5.41, 5.74) is 0.899. The van der Waals surface area contributed by atoms with Gasteiger partial charge in [0.05, 0.1) is 18.8 Å². The van der Waals surface area contributed by atoms with Gasteiger partial charge in [0.1, 0.15) is 18.6 Å². The fourth-order valence-electron chi connectivity index (χ4n) is 6.33. The van der Waals surface area contributed by atoms with Gasteiger partial charge in [-0.3, -0.25) is 9.89 Å². The normalized spacial score (nSPS) is 28.9. The first-order chi connectivity index (χ1) is 17.0. The van der Waals surface area contributed by atoms with E-state index in [1.54, 1.807) is 0 Å². The van der Waals surface area contributed by atoms with Crippen LogP contribution in [-0.4, -0.2) is 66.6 Å². The van der Waals surface area contributed by atoms with Crippen LogP contribution in [0.2, 0.25) is 0 Å². The van der Waals surface area contributed by atoms with Crippen molar-refractivity contribution in [3.05, 3.63) is 66.2 Å². The van der Waals surface area contributed by atoms with Crippen molar-refractivity contribution in [1.82, 2.24) is 4.90 Å². The summed E-state index contributed by atoms with van der Waals surface area (Å²) in [6, 6.07) is 19.5. The van der Waals surface area contributed by atoms with Gasteiger partial charge in [-0.2, -0.15) is 0 Å². The topological polar surface area (TPSA) is 65.0 Å². The van der Waals surface area contributed by atoms with E-state index < -0.39 is 5.54 Å². The molecular formula is C29H37N3O3. The SMILES string of the molecule is C[C@@](C(=O)O[C@@H]1C[N+]2(CC([O-])=Nc3ccccc3)CCC1CC2)(c1ccccc1)N1CCCCC1. The lowest BCUT2D eigenvalue weighted by atomic mass is 9.82. The van der Waals surface area contributed by atoms with Gasteiger partial charge >= 0.3 is 5.97 Å². The zero-order chi connectivity index (χ0) is 24.3. The van der Waals surface area contributed by atoms with Crippen LogP contribution in [0.15, 0.2) is 65.7 Å². The van der Waals surface area contributed by atoms with E-state index in [4.69, 9.17) is 4.74 Å². The summed E-state index contributed by atoms with van der Waals surface area (Å²) in [5, 5.41) is 12.8. The minimum absolute atomic E-state index is 0.0935. The van der Waals surface area contributed by atoms with Crippen LogP contribution in [0.3, 0.4) is 0 Å². The third-order valence-corrected chi connectivity index (χ3v) is 8.50. The number of carbonyl (C=O) groups is 1. The molecule has 4 aliphatic rings. The molecule has 35 heavy (non-hydrogen) atoms. The molecule has 2 atom stereocenters. The average Bonchev–Trinajstić information content (AvgIpc) is 2.90. The second-order valence-corrected chi connectivity index (χ2v) is 10.7. The molecular weight excluding hydrogens is 438 g/mol. The molecule has 4 saturated heterocycles. The maximum Gasteiger partial charge on any atom is 0.331 e. The Morgan fingerprint density at radius 3 is 2.31 bits per heavy atom. The van der Waals surface area contributed by atoms with Crippen LogP contribution in [0.1, 0.15) is 44.6 Å². The number of rotatable bonds is 7. The van der Waals surface area contributed by atoms with Crippen molar-refractivity contribution in [3.8, 4) is 0 Å². The van der Waals surface area contributed by atoms with E-state index >= 15 is 0 Å². The number of para-hydroxylation sites is 1. The fraction of sp³-hybridized carbons (Fsp3) is 0.517. The fourth-order valence-corrected chi connectivity index (χ4v) is 6.33. The first-order valence-corrected chi connectivity index (χ1v) is 13.1. The van der Waals surface area contributed by atoms with Gasteiger partial charge in [-0.05, 0) is 50.6 Å². The first-order valence-electron chi connectivity index (χ1n) is 13.1. The molecule has 2 aromatic rings. The number of aliphatic imine (C=N–C) groups is 1. The average molecular weight is 476 g/mol. The summed E-state index contributed by atoms with van der Waals surface area (Å²) >= 11 is 0. The Bertz CT molecular complexity index is 1030. The van der Waals surface area contributed by atoms with Gasteiger partial charge in [0, 0.05) is 24.7 Å². The minimum atomic E-state index is -0.795. The molecule has 6 heteroatoms. The van der Waals surface area contributed by atoms with Crippen LogP contribution < -0.4 is 5.11 Å². The molecule has 6 rings (SSSR count). The maximum absolute atomic E-state index is 13.9. The van der Waals surface area contributed by atoms with E-state index in [1.807, 2.05) is 67.6 Å². The maximum atomic E-state index is 13.9. The summed E-state index contributed by atoms with van der Waals surface area (Å²) in [7, 11) is 0. The van der Waals surface area contributed by atoms with Crippen LogP contribution in [0.25, 0.3) is 0 Å². The predicted molar refractivity (Wildman–Crippen MR) is 135 cm³/mol. The van der Waals surface area contributed by atoms with Gasteiger partial charge in [0.25, 0.3) is 0 Å². The molecule has 0 radical (unpaired) electrons. The van der Waals surface area contributed by atoms with Gasteiger partial charge in [0.2, 0.25) is 0 Å². The second-order valence-electron chi connectivity index (χ2n) is 10.7. The van der Waals surface area contributed by atoms with Gasteiger partial charge < -0.3 is 14.3 Å². The lowest BCUT2D eigenvalue weighted by Gasteiger charge is -2.53. The molecule has 4 heterocycles. The number of hydrogen-bond donors (Lipinski definition) is 0. The van der Waals surface area contributed by atoms with Crippen LogP contribution in [0.5, 0.6) is 0 Å². The number of hydrogen-bond acceptors (Lipinski definition) is 5. The standard InChI is InChI=1S/C29H37N3O3/c1-29(24-11-5-2-6-12-24,31-17-9-4-10-18-31)28(34)35-26-21-32(19-15-23(26)16-20-32)22-27(33)30-25-13-7-3-8-14-25/h2-3,5-8,11-14,23,26H,4,9-10,15-22H2,1H3/t23?,26-,29+,32?/m1/s1. The highest BCUT2D eigenvalue weighted by atomic mass is 16.5. The van der Waals surface area contributed by atoms with E-state index in [-0.39, 0.29) is 18.0 Å². The molecule has 0 aromatic heterocycles. The molecule has 0 N–H and O–H groups in total. The predicted octanol–water partition coefficient (Wildman–Crippen LogP) is 3.63. The van der Waals surface area contributed by atoms with Crippen LogP contribution >= 0.6 is 0 Å². The Hall–Kier alpha value is -2.70. The highest BCUT2D eigenvalue weighted by molar-refractivity contribution is 5.82. The zero-order valence-corrected chi connectivity index (χ0v) is 20.8. The van der Waals surface area contributed by atoms with Gasteiger partial charge in [0.15, 0.2) is 6.10 Å². The Morgan fingerprint density at radius 2 is 1.66 bits per heavy atom. The van der Waals surface area contributed by atoms with Crippen LogP contribution in [0.4, 0.5) is 5.69 Å². The number of quaternary nitrogens is 1. The van der Waals surface area contributed by atoms with Crippen molar-refractivity contribution in [2.45, 2.75) is 50.7 Å². The third-order valence-electron chi connectivity index (χ3n) is 8.50. The molecule has 186 valence electrons. The number of piperidine rings is 4. The van der Waals surface area contributed by atoms with Crippen molar-refractivity contribution in [2.24, 2.45) is 10.9 Å². The van der Waals surface area contributed by atoms with Crippen LogP contribution in [0, 0.1) is 5.92 Å². The largest absolute Gasteiger partial charge is 0.858 e. The number of benzene rings is 2. The van der Waals surface area contributed by atoms with E-state index in [0.717, 1.165) is 57.4 Å². The Labute approximate surface area is 208 Å². The molecule has 0 spiro atoms. The molecule has 2 bridgehead atoms. The minimum Gasteiger partial charge on any atom is -0.858 e. The molecule has 4 aliphatic heterocycles. The summed E-state index contributed by atoms with van der Waals surface area (Å²) in [6.45, 7) is 6.83. The number of esters is 1. The molecule has 2 aromatic carbocycles. The Kier molecular flexibility index (Phi) is 6.94. The quantitative estimate of drug-likeness (QED) is 0.266. The third kappa shape index (κ3) is 5.00. The summed E-state index contributed by atoms with van der Waals surface area (Å²) in [5.74, 6) is 0.133. The van der Waals surface area contributed by atoms with E-state index in [1.165, 1.54) is 6.42 Å². The van der Waals surface area contributed by atoms with Gasteiger partial charge in [-0.25, -0.2) is 4.79 Å². The van der Waals surface area contributed by atoms with Crippen molar-refractivity contribution in [3.63, 3.8) is 0 Å². The zero-order valence-electron chi connectivity index (χ0n) is 20.8. The van der Waals surface area contributed by atoms with Gasteiger partial charge in [-0.15, -0.1) is 0 Å². The van der Waals surface area contributed by atoms with E-state index in [9.17, 15) is 9.90 Å². The molecule has 0 aliphatic carbocycles. The Morgan fingerprint density at radius 1 is 1.03 bits per heavy atom. The summed E-state index contributed by atoms with van der Waals surface area (Å²) in [4.78, 5) is 20.5.